The van der Waals surface area contributed by atoms with Crippen LogP contribution in [0.2, 0.25) is 5.02 Å². The molecule has 9 heteroatoms. The molecular formula is C16H15ClN4O4. The van der Waals surface area contributed by atoms with E-state index in [1.54, 1.807) is 10.6 Å². The number of esters is 1. The molecular weight excluding hydrogens is 348 g/mol. The van der Waals surface area contributed by atoms with Gasteiger partial charge in [-0.3, -0.25) is 14.6 Å². The van der Waals surface area contributed by atoms with Gasteiger partial charge in [-0.2, -0.15) is 4.98 Å². The number of aromatic amines is 1. The summed E-state index contributed by atoms with van der Waals surface area (Å²) in [5, 5.41) is 0.534. The van der Waals surface area contributed by atoms with Crippen LogP contribution in [0.25, 0.3) is 22.6 Å². The molecule has 25 heavy (non-hydrogen) atoms. The number of ether oxygens (including phenoxy) is 1. The maximum absolute atomic E-state index is 12.1. The van der Waals surface area contributed by atoms with Gasteiger partial charge in [0.15, 0.2) is 11.5 Å². The maximum atomic E-state index is 12.1. The van der Waals surface area contributed by atoms with E-state index in [0.29, 0.717) is 22.5 Å². The first-order valence-electron chi connectivity index (χ1n) is 7.64. The Morgan fingerprint density at radius 2 is 2.08 bits per heavy atom. The molecule has 2 heterocycles. The van der Waals surface area contributed by atoms with E-state index in [2.05, 4.69) is 19.7 Å². The minimum absolute atomic E-state index is 0.0114. The second kappa shape index (κ2) is 6.64. The zero-order valence-corrected chi connectivity index (χ0v) is 14.4. The number of aromatic nitrogens is 4. The Morgan fingerprint density at radius 3 is 2.76 bits per heavy atom. The molecule has 0 saturated heterocycles. The Bertz CT molecular complexity index is 1060. The van der Waals surface area contributed by atoms with Gasteiger partial charge in [0.1, 0.15) is 0 Å². The number of hydrogen-bond acceptors (Lipinski definition) is 6. The van der Waals surface area contributed by atoms with Crippen molar-refractivity contribution in [3.63, 3.8) is 0 Å². The van der Waals surface area contributed by atoms with Crippen LogP contribution in [0.15, 0.2) is 21.7 Å². The lowest BCUT2D eigenvalue weighted by Gasteiger charge is -2.17. The second-order valence-electron chi connectivity index (χ2n) is 5.42. The predicted molar refractivity (Wildman–Crippen MR) is 92.1 cm³/mol. The number of fused-ring (bicyclic) bond motifs is 2. The minimum Gasteiger partial charge on any atom is -0.469 e. The van der Waals surface area contributed by atoms with Gasteiger partial charge in [-0.15, -0.1) is 0 Å². The van der Waals surface area contributed by atoms with Crippen molar-refractivity contribution in [1.29, 1.82) is 0 Å². The summed E-state index contributed by atoms with van der Waals surface area (Å²) in [7, 11) is 1.30. The molecule has 2 aliphatic heterocycles. The van der Waals surface area contributed by atoms with Crippen LogP contribution < -0.4 is 11.2 Å². The Morgan fingerprint density at radius 1 is 1.32 bits per heavy atom. The molecule has 1 N–H and O–H groups in total. The normalized spacial score (nSPS) is 11.2. The highest BCUT2D eigenvalue weighted by atomic mass is 35.5. The average Bonchev–Trinajstić information content (AvgIpc) is 2.58. The van der Waals surface area contributed by atoms with E-state index >= 15 is 0 Å². The van der Waals surface area contributed by atoms with Crippen LogP contribution >= 0.6 is 11.6 Å². The fourth-order valence-electron chi connectivity index (χ4n) is 2.66. The lowest BCUT2D eigenvalue weighted by Crippen LogP contribution is -2.29. The van der Waals surface area contributed by atoms with Crippen molar-refractivity contribution in [2.75, 3.05) is 7.11 Å². The molecule has 2 aliphatic rings. The molecule has 0 saturated carbocycles. The summed E-state index contributed by atoms with van der Waals surface area (Å²) in [6.45, 7) is 2.14. The Labute approximate surface area is 146 Å². The van der Waals surface area contributed by atoms with Crippen LogP contribution in [0.5, 0.6) is 0 Å². The number of halogens is 1. The van der Waals surface area contributed by atoms with E-state index in [9.17, 15) is 14.4 Å². The summed E-state index contributed by atoms with van der Waals surface area (Å²) in [5.41, 5.74) is 0.599. The SMILES string of the molecule is CCc1cc2c(cc1Cl)nc1c(=O)[nH]c(=O)nc-1n2CCC(=O)OC. The van der Waals surface area contributed by atoms with E-state index in [0.717, 1.165) is 5.56 Å². The monoisotopic (exact) mass is 362 g/mol. The summed E-state index contributed by atoms with van der Waals surface area (Å²) in [4.78, 5) is 45.6. The number of carbonyl (C=O) groups excluding carboxylic acids is 1. The Balaban J connectivity index is 2.36. The largest absolute Gasteiger partial charge is 0.469 e. The molecule has 3 rings (SSSR count). The smallest absolute Gasteiger partial charge is 0.349 e. The molecule has 0 atom stereocenters. The van der Waals surface area contributed by atoms with Crippen molar-refractivity contribution in [3.05, 3.63) is 43.6 Å². The van der Waals surface area contributed by atoms with Crippen LogP contribution in [-0.2, 0) is 22.5 Å². The maximum Gasteiger partial charge on any atom is 0.349 e. The van der Waals surface area contributed by atoms with Gasteiger partial charge < -0.3 is 9.30 Å². The van der Waals surface area contributed by atoms with Crippen molar-refractivity contribution in [2.24, 2.45) is 0 Å². The summed E-state index contributed by atoms with van der Waals surface area (Å²) in [6.07, 6.45) is 0.752. The second-order valence-corrected chi connectivity index (χ2v) is 5.83. The summed E-state index contributed by atoms with van der Waals surface area (Å²) >= 11 is 6.25. The number of rotatable bonds is 4. The molecule has 0 fully saturated rings. The van der Waals surface area contributed by atoms with Crippen LogP contribution in [0.4, 0.5) is 0 Å². The van der Waals surface area contributed by atoms with Crippen LogP contribution in [0, 0.1) is 0 Å². The molecule has 0 spiro atoms. The van der Waals surface area contributed by atoms with Crippen molar-refractivity contribution in [2.45, 2.75) is 26.3 Å². The first-order chi connectivity index (χ1) is 11.9. The lowest BCUT2D eigenvalue weighted by atomic mass is 10.1. The highest BCUT2D eigenvalue weighted by molar-refractivity contribution is 6.32. The van der Waals surface area contributed by atoms with E-state index in [1.165, 1.54) is 7.11 Å². The van der Waals surface area contributed by atoms with E-state index in [4.69, 9.17) is 11.6 Å². The quantitative estimate of drug-likeness (QED) is 0.554. The molecule has 0 unspecified atom stereocenters. The lowest BCUT2D eigenvalue weighted by molar-refractivity contribution is -0.140. The third-order valence-electron chi connectivity index (χ3n) is 3.93. The first kappa shape index (κ1) is 17.1. The van der Waals surface area contributed by atoms with Crippen LogP contribution in [0.3, 0.4) is 0 Å². The van der Waals surface area contributed by atoms with Gasteiger partial charge >= 0.3 is 11.7 Å². The van der Waals surface area contributed by atoms with Gasteiger partial charge in [0, 0.05) is 11.6 Å². The van der Waals surface area contributed by atoms with Gasteiger partial charge in [-0.1, -0.05) is 18.5 Å². The van der Waals surface area contributed by atoms with Crippen LogP contribution in [-0.4, -0.2) is 32.6 Å². The third-order valence-corrected chi connectivity index (χ3v) is 4.28. The molecule has 1 aromatic carbocycles. The Hall–Kier alpha value is -2.74. The fourth-order valence-corrected chi connectivity index (χ4v) is 2.95. The average molecular weight is 363 g/mol. The molecule has 0 bridgehead atoms. The highest BCUT2D eigenvalue weighted by Gasteiger charge is 2.20. The van der Waals surface area contributed by atoms with Gasteiger partial charge in [0.25, 0.3) is 5.56 Å². The van der Waals surface area contributed by atoms with Crippen molar-refractivity contribution in [3.8, 4) is 11.5 Å². The molecule has 130 valence electrons. The number of nitrogens with one attached hydrogen (secondary N) is 1. The number of benzene rings is 1. The van der Waals surface area contributed by atoms with Crippen molar-refractivity contribution in [1.82, 2.24) is 19.5 Å². The molecule has 0 aromatic heterocycles. The van der Waals surface area contributed by atoms with Crippen molar-refractivity contribution >= 4 is 28.6 Å². The van der Waals surface area contributed by atoms with Crippen LogP contribution in [0.1, 0.15) is 18.9 Å². The van der Waals surface area contributed by atoms with Gasteiger partial charge in [-0.25, -0.2) is 9.78 Å². The van der Waals surface area contributed by atoms with Gasteiger partial charge in [-0.05, 0) is 24.1 Å². The first-order valence-corrected chi connectivity index (χ1v) is 8.02. The van der Waals surface area contributed by atoms with E-state index < -0.39 is 17.2 Å². The predicted octanol–water partition coefficient (Wildman–Crippen LogP) is 1.36. The summed E-state index contributed by atoms with van der Waals surface area (Å²) in [5.74, 6) is -0.294. The number of hydrogen-bond donors (Lipinski definition) is 1. The van der Waals surface area contributed by atoms with Crippen molar-refractivity contribution < 1.29 is 9.53 Å². The number of carbonyl (C=O) groups is 1. The summed E-state index contributed by atoms with van der Waals surface area (Å²) < 4.78 is 6.29. The number of methoxy groups -OCH3 is 1. The van der Waals surface area contributed by atoms with Gasteiger partial charge in [0.2, 0.25) is 0 Å². The molecule has 1 aromatic rings. The number of aryl methyl sites for hydroxylation is 2. The highest BCUT2D eigenvalue weighted by Crippen LogP contribution is 2.27. The number of H-pyrrole nitrogens is 1. The Kier molecular flexibility index (Phi) is 4.54. The minimum atomic E-state index is -0.768. The molecule has 0 amide bonds. The fraction of sp³-hybridized carbons (Fsp3) is 0.312. The zero-order chi connectivity index (χ0) is 18.1. The standard InChI is InChI=1S/C16H15ClN4O4/c1-3-8-6-11-10(7-9(8)17)18-13-14(19-16(24)20-15(13)23)21(11)5-4-12(22)25-2/h6-7H,3-5H2,1-2H3,(H,20,23,24). The molecule has 8 nitrogen and oxygen atoms in total. The molecule has 0 radical (unpaired) electrons. The van der Waals surface area contributed by atoms with Gasteiger partial charge in [0.05, 0.1) is 24.6 Å². The third kappa shape index (κ3) is 3.12. The topological polar surface area (TPSA) is 107 Å². The number of nitrogens with zero attached hydrogens (tertiary/aromatic N) is 3. The zero-order valence-electron chi connectivity index (χ0n) is 13.6. The summed E-state index contributed by atoms with van der Waals surface area (Å²) in [6, 6.07) is 3.49. The molecule has 0 aliphatic carbocycles. The van der Waals surface area contributed by atoms with E-state index in [1.807, 2.05) is 13.0 Å². The van der Waals surface area contributed by atoms with E-state index in [-0.39, 0.29) is 24.5 Å².